The van der Waals surface area contributed by atoms with Gasteiger partial charge in [0.25, 0.3) is 5.91 Å². The first-order valence-electron chi connectivity index (χ1n) is 8.95. The highest BCUT2D eigenvalue weighted by Crippen LogP contribution is 2.30. The van der Waals surface area contributed by atoms with Gasteiger partial charge in [-0.2, -0.15) is 5.10 Å². The second kappa shape index (κ2) is 6.29. The van der Waals surface area contributed by atoms with E-state index in [2.05, 4.69) is 20.1 Å². The molecule has 2 atom stereocenters. The summed E-state index contributed by atoms with van der Waals surface area (Å²) in [4.78, 5) is 17.4. The quantitative estimate of drug-likeness (QED) is 0.849. The van der Waals surface area contributed by atoms with E-state index in [1.807, 2.05) is 27.1 Å². The third kappa shape index (κ3) is 3.08. The number of aryl methyl sites for hydroxylation is 3. The normalized spacial score (nSPS) is 23.9. The molecule has 0 unspecified atom stereocenters. The summed E-state index contributed by atoms with van der Waals surface area (Å²) >= 11 is 0. The first kappa shape index (κ1) is 16.3. The highest BCUT2D eigenvalue weighted by atomic mass is 16.5. The van der Waals surface area contributed by atoms with E-state index in [0.717, 1.165) is 44.1 Å². The van der Waals surface area contributed by atoms with Crippen molar-refractivity contribution in [3.8, 4) is 0 Å². The molecule has 3 saturated heterocycles. The Hall–Kier alpha value is -2.15. The van der Waals surface area contributed by atoms with Gasteiger partial charge in [0.2, 0.25) is 0 Å². The lowest BCUT2D eigenvalue weighted by atomic mass is 9.94. The predicted octanol–water partition coefficient (Wildman–Crippen LogP) is 1.76. The van der Waals surface area contributed by atoms with Gasteiger partial charge < -0.3 is 9.42 Å². The van der Waals surface area contributed by atoms with Gasteiger partial charge in [-0.05, 0) is 32.6 Å². The fourth-order valence-corrected chi connectivity index (χ4v) is 4.21. The van der Waals surface area contributed by atoms with E-state index < -0.39 is 0 Å². The summed E-state index contributed by atoms with van der Waals surface area (Å²) in [6, 6.07) is 0.270. The Morgan fingerprint density at radius 1 is 1.28 bits per heavy atom. The molecular formula is C18H25N5O2. The van der Waals surface area contributed by atoms with Crippen LogP contribution in [0.4, 0.5) is 0 Å². The molecule has 3 aliphatic heterocycles. The predicted molar refractivity (Wildman–Crippen MR) is 92.0 cm³/mol. The zero-order valence-corrected chi connectivity index (χ0v) is 15.1. The number of rotatable bonds is 3. The van der Waals surface area contributed by atoms with Gasteiger partial charge in [-0.1, -0.05) is 5.16 Å². The van der Waals surface area contributed by atoms with Crippen LogP contribution < -0.4 is 0 Å². The van der Waals surface area contributed by atoms with Gasteiger partial charge in [-0.3, -0.25) is 14.4 Å². The number of fused-ring (bicyclic) bond motifs is 4. The minimum Gasteiger partial charge on any atom is -0.361 e. The average molecular weight is 343 g/mol. The third-order valence-corrected chi connectivity index (χ3v) is 5.56. The summed E-state index contributed by atoms with van der Waals surface area (Å²) in [7, 11) is 1.84. The molecule has 2 aromatic rings. The molecule has 1 amide bonds. The van der Waals surface area contributed by atoms with Crippen LogP contribution >= 0.6 is 0 Å². The van der Waals surface area contributed by atoms with Crippen molar-refractivity contribution in [3.05, 3.63) is 35.0 Å². The molecule has 25 heavy (non-hydrogen) atoms. The Morgan fingerprint density at radius 3 is 2.80 bits per heavy atom. The molecule has 2 aromatic heterocycles. The summed E-state index contributed by atoms with van der Waals surface area (Å²) in [6.45, 7) is 7.60. The minimum absolute atomic E-state index is 0.113. The summed E-state index contributed by atoms with van der Waals surface area (Å²) in [5, 5.41) is 8.21. The number of nitrogens with zero attached hydrogens (tertiary/aromatic N) is 5. The van der Waals surface area contributed by atoms with Gasteiger partial charge in [0, 0.05) is 51.0 Å². The van der Waals surface area contributed by atoms with Crippen molar-refractivity contribution in [1.82, 2.24) is 24.7 Å². The Labute approximate surface area is 147 Å². The van der Waals surface area contributed by atoms with E-state index in [-0.39, 0.29) is 11.9 Å². The second-order valence-electron chi connectivity index (χ2n) is 7.45. The number of aromatic nitrogens is 3. The zero-order valence-electron chi connectivity index (χ0n) is 15.1. The van der Waals surface area contributed by atoms with Crippen LogP contribution in [0.3, 0.4) is 0 Å². The number of hydrogen-bond acceptors (Lipinski definition) is 5. The highest BCUT2D eigenvalue weighted by molar-refractivity contribution is 5.94. The Bertz CT molecular complexity index is 761. The number of carbonyl (C=O) groups is 1. The molecular weight excluding hydrogens is 318 g/mol. The average Bonchev–Trinajstić information content (AvgIpc) is 3.02. The SMILES string of the molecule is Cc1noc(C)c1CN1C[C@H]2CC[C@@H](C1)N(C(=O)c1cnn(C)c1)C2. The van der Waals surface area contributed by atoms with Crippen molar-refractivity contribution in [1.29, 1.82) is 0 Å². The Kier molecular flexibility index (Phi) is 4.11. The fourth-order valence-electron chi connectivity index (χ4n) is 4.21. The molecule has 0 aliphatic carbocycles. The topological polar surface area (TPSA) is 67.4 Å². The van der Waals surface area contributed by atoms with Gasteiger partial charge in [0.15, 0.2) is 0 Å². The van der Waals surface area contributed by atoms with Crippen LogP contribution in [0.5, 0.6) is 0 Å². The molecule has 0 saturated carbocycles. The molecule has 0 N–H and O–H groups in total. The van der Waals surface area contributed by atoms with Crippen LogP contribution in [0, 0.1) is 19.8 Å². The largest absolute Gasteiger partial charge is 0.361 e. The van der Waals surface area contributed by atoms with E-state index in [1.54, 1.807) is 10.9 Å². The minimum atomic E-state index is 0.113. The van der Waals surface area contributed by atoms with Crippen molar-refractivity contribution in [2.75, 3.05) is 19.6 Å². The smallest absolute Gasteiger partial charge is 0.257 e. The summed E-state index contributed by atoms with van der Waals surface area (Å²) in [6.07, 6.45) is 5.75. The highest BCUT2D eigenvalue weighted by Gasteiger charge is 2.38. The fraction of sp³-hybridized carbons (Fsp3) is 0.611. The van der Waals surface area contributed by atoms with Gasteiger partial charge in [-0.25, -0.2) is 0 Å². The molecule has 0 spiro atoms. The molecule has 3 fully saturated rings. The standard InChI is InChI=1S/C18H25N5O2/c1-12-17(13(2)25-20-12)11-22-7-14-4-5-16(10-22)23(8-14)18(24)15-6-19-21(3)9-15/h6,9,14,16H,4-5,7-8,10-11H2,1-3H3/t14-,16+/m1/s1. The van der Waals surface area contributed by atoms with Crippen LogP contribution in [-0.2, 0) is 13.6 Å². The van der Waals surface area contributed by atoms with Gasteiger partial charge in [0.05, 0.1) is 17.5 Å². The molecule has 7 heteroatoms. The maximum Gasteiger partial charge on any atom is 0.257 e. The van der Waals surface area contributed by atoms with E-state index in [4.69, 9.17) is 4.52 Å². The van der Waals surface area contributed by atoms with Gasteiger partial charge >= 0.3 is 0 Å². The van der Waals surface area contributed by atoms with Crippen molar-refractivity contribution in [2.24, 2.45) is 13.0 Å². The number of piperidine rings is 1. The van der Waals surface area contributed by atoms with E-state index in [9.17, 15) is 4.79 Å². The van der Waals surface area contributed by atoms with Gasteiger partial charge in [0.1, 0.15) is 5.76 Å². The van der Waals surface area contributed by atoms with Crippen molar-refractivity contribution >= 4 is 5.91 Å². The number of carbonyl (C=O) groups excluding carboxylic acids is 1. The lowest BCUT2D eigenvalue weighted by molar-refractivity contribution is 0.0584. The monoisotopic (exact) mass is 343 g/mol. The zero-order chi connectivity index (χ0) is 17.6. The molecule has 5 rings (SSSR count). The Balaban J connectivity index is 1.51. The van der Waals surface area contributed by atoms with Crippen molar-refractivity contribution < 1.29 is 9.32 Å². The van der Waals surface area contributed by atoms with Crippen LogP contribution in [0.25, 0.3) is 0 Å². The lowest BCUT2D eigenvalue weighted by Gasteiger charge is -2.36. The molecule has 0 aromatic carbocycles. The summed E-state index contributed by atoms with van der Waals surface area (Å²) in [5.74, 6) is 1.54. The van der Waals surface area contributed by atoms with Crippen molar-refractivity contribution in [3.63, 3.8) is 0 Å². The van der Waals surface area contributed by atoms with E-state index >= 15 is 0 Å². The van der Waals surface area contributed by atoms with E-state index in [1.165, 1.54) is 12.0 Å². The lowest BCUT2D eigenvalue weighted by Crippen LogP contribution is -2.47. The van der Waals surface area contributed by atoms with Crippen LogP contribution in [-0.4, -0.2) is 56.3 Å². The van der Waals surface area contributed by atoms with E-state index in [0.29, 0.717) is 11.5 Å². The molecule has 3 aliphatic rings. The molecule has 2 bridgehead atoms. The maximum absolute atomic E-state index is 12.9. The van der Waals surface area contributed by atoms with Crippen LogP contribution in [0.1, 0.15) is 40.2 Å². The molecule has 134 valence electrons. The van der Waals surface area contributed by atoms with Gasteiger partial charge in [-0.15, -0.1) is 0 Å². The first-order chi connectivity index (χ1) is 12.0. The Morgan fingerprint density at radius 2 is 2.12 bits per heavy atom. The third-order valence-electron chi connectivity index (χ3n) is 5.56. The summed E-state index contributed by atoms with van der Waals surface area (Å²) < 4.78 is 6.99. The number of hydrogen-bond donors (Lipinski definition) is 0. The van der Waals surface area contributed by atoms with Crippen LogP contribution in [0.2, 0.25) is 0 Å². The number of amides is 1. The summed E-state index contributed by atoms with van der Waals surface area (Å²) in [5.41, 5.74) is 2.84. The molecule has 0 radical (unpaired) electrons. The van der Waals surface area contributed by atoms with Crippen LogP contribution in [0.15, 0.2) is 16.9 Å². The molecule has 5 heterocycles. The second-order valence-corrected chi connectivity index (χ2v) is 7.45. The first-order valence-corrected chi connectivity index (χ1v) is 8.95. The molecule has 7 nitrogen and oxygen atoms in total. The van der Waals surface area contributed by atoms with Crippen molar-refractivity contribution in [2.45, 2.75) is 39.3 Å². The maximum atomic E-state index is 12.9.